The molecule has 3 atom stereocenters. The summed E-state index contributed by atoms with van der Waals surface area (Å²) < 4.78 is 13.1. The molecule has 2 aliphatic rings. The van der Waals surface area contributed by atoms with Gasteiger partial charge in [-0.3, -0.25) is 4.90 Å². The lowest BCUT2D eigenvalue weighted by molar-refractivity contribution is 0.191. The van der Waals surface area contributed by atoms with Gasteiger partial charge in [0.2, 0.25) is 0 Å². The van der Waals surface area contributed by atoms with Crippen molar-refractivity contribution in [3.8, 4) is 0 Å². The monoisotopic (exact) mass is 331 g/mol. The predicted octanol–water partition coefficient (Wildman–Crippen LogP) is 5.21. The minimum absolute atomic E-state index is 0.135. The van der Waals surface area contributed by atoms with Crippen LogP contribution in [0, 0.1) is 17.7 Å². The summed E-state index contributed by atoms with van der Waals surface area (Å²) in [5.41, 5.74) is 2.72. The molecule has 0 amide bonds. The molecule has 1 saturated carbocycles. The maximum Gasteiger partial charge on any atom is 0.123 e. The first kappa shape index (κ1) is 15.1. The van der Waals surface area contributed by atoms with Crippen molar-refractivity contribution in [3.63, 3.8) is 0 Å². The molecule has 1 heterocycles. The number of fused-ring (bicyclic) bond motifs is 2. The van der Waals surface area contributed by atoms with E-state index in [-0.39, 0.29) is 5.82 Å². The molecule has 2 fully saturated rings. The van der Waals surface area contributed by atoms with E-state index in [1.807, 2.05) is 12.1 Å². The van der Waals surface area contributed by atoms with Crippen LogP contribution >= 0.6 is 0 Å². The number of halogens is 1. The highest BCUT2D eigenvalue weighted by atomic mass is 19.1. The number of likely N-dealkylation sites (tertiary alicyclic amines) is 1. The smallest absolute Gasteiger partial charge is 0.123 e. The van der Waals surface area contributed by atoms with E-state index in [0.717, 1.165) is 18.4 Å². The minimum Gasteiger partial charge on any atom is -0.298 e. The second kappa shape index (κ2) is 5.96. The van der Waals surface area contributed by atoms with Crippen molar-refractivity contribution in [2.45, 2.75) is 18.9 Å². The lowest BCUT2D eigenvalue weighted by Gasteiger charge is -2.40. The second-order valence-corrected chi connectivity index (χ2v) is 7.69. The predicted molar refractivity (Wildman–Crippen MR) is 100.0 cm³/mol. The SMILES string of the molecule is Fc1ccc(C2CC3CN(Cc4ccc5ccccc5c4)CC32)cc1. The van der Waals surface area contributed by atoms with Gasteiger partial charge in [0.05, 0.1) is 0 Å². The van der Waals surface area contributed by atoms with Crippen molar-refractivity contribution < 1.29 is 4.39 Å². The van der Waals surface area contributed by atoms with Crippen LogP contribution in [0.5, 0.6) is 0 Å². The Hall–Kier alpha value is -2.19. The van der Waals surface area contributed by atoms with Crippen molar-refractivity contribution >= 4 is 10.8 Å². The Bertz CT molecular complexity index is 901. The van der Waals surface area contributed by atoms with Gasteiger partial charge in [0.25, 0.3) is 0 Å². The molecule has 0 aromatic heterocycles. The van der Waals surface area contributed by atoms with Gasteiger partial charge in [0, 0.05) is 19.6 Å². The molecule has 1 nitrogen and oxygen atoms in total. The van der Waals surface area contributed by atoms with Crippen LogP contribution < -0.4 is 0 Å². The lowest BCUT2D eigenvalue weighted by atomic mass is 9.64. The highest BCUT2D eigenvalue weighted by Gasteiger charge is 2.47. The zero-order valence-electron chi connectivity index (χ0n) is 14.2. The average molecular weight is 331 g/mol. The van der Waals surface area contributed by atoms with Gasteiger partial charge in [-0.25, -0.2) is 4.39 Å². The van der Waals surface area contributed by atoms with Crippen LogP contribution in [-0.2, 0) is 6.54 Å². The second-order valence-electron chi connectivity index (χ2n) is 7.69. The van der Waals surface area contributed by atoms with Gasteiger partial charge in [0.1, 0.15) is 5.82 Å². The highest BCUT2D eigenvalue weighted by molar-refractivity contribution is 5.82. The van der Waals surface area contributed by atoms with Crippen molar-refractivity contribution in [1.82, 2.24) is 4.90 Å². The number of benzene rings is 3. The third-order valence-corrected chi connectivity index (χ3v) is 6.16. The quantitative estimate of drug-likeness (QED) is 0.636. The molecule has 0 N–H and O–H groups in total. The lowest BCUT2D eigenvalue weighted by Crippen LogP contribution is -2.33. The van der Waals surface area contributed by atoms with Crippen molar-refractivity contribution in [2.24, 2.45) is 11.8 Å². The van der Waals surface area contributed by atoms with Gasteiger partial charge in [-0.1, -0.05) is 48.5 Å². The van der Waals surface area contributed by atoms with Crippen LogP contribution in [0.25, 0.3) is 10.8 Å². The van der Waals surface area contributed by atoms with E-state index < -0.39 is 0 Å². The van der Waals surface area contributed by atoms with Crippen molar-refractivity contribution in [1.29, 1.82) is 0 Å². The summed E-state index contributed by atoms with van der Waals surface area (Å²) in [5, 5.41) is 2.63. The largest absolute Gasteiger partial charge is 0.298 e. The molecule has 0 bridgehead atoms. The molecule has 2 heteroatoms. The Balaban J connectivity index is 1.28. The fourth-order valence-corrected chi connectivity index (χ4v) is 4.82. The molecular formula is C23H22FN. The van der Waals surface area contributed by atoms with E-state index in [9.17, 15) is 4.39 Å². The molecule has 0 spiro atoms. The maximum absolute atomic E-state index is 13.1. The van der Waals surface area contributed by atoms with Gasteiger partial charge in [-0.2, -0.15) is 0 Å². The molecule has 5 rings (SSSR count). The third-order valence-electron chi connectivity index (χ3n) is 6.16. The Labute approximate surface area is 148 Å². The Morgan fingerprint density at radius 2 is 1.68 bits per heavy atom. The van der Waals surface area contributed by atoms with Crippen LogP contribution in [0.3, 0.4) is 0 Å². The van der Waals surface area contributed by atoms with E-state index in [4.69, 9.17) is 0 Å². The molecule has 0 radical (unpaired) electrons. The van der Waals surface area contributed by atoms with E-state index in [1.165, 1.54) is 41.4 Å². The summed E-state index contributed by atoms with van der Waals surface area (Å²) in [7, 11) is 0. The van der Waals surface area contributed by atoms with Crippen molar-refractivity contribution in [2.75, 3.05) is 13.1 Å². The summed E-state index contributed by atoms with van der Waals surface area (Å²) in [6.07, 6.45) is 1.25. The number of hydrogen-bond acceptors (Lipinski definition) is 1. The highest BCUT2D eigenvalue weighted by Crippen LogP contribution is 2.51. The average Bonchev–Trinajstić information content (AvgIpc) is 2.93. The summed E-state index contributed by atoms with van der Waals surface area (Å²) in [5.74, 6) is 2.04. The fourth-order valence-electron chi connectivity index (χ4n) is 4.82. The molecule has 1 aliphatic carbocycles. The van der Waals surface area contributed by atoms with Crippen molar-refractivity contribution in [3.05, 3.63) is 83.7 Å². The molecule has 3 unspecified atom stereocenters. The molecule has 1 saturated heterocycles. The summed E-state index contributed by atoms with van der Waals surface area (Å²) >= 11 is 0. The summed E-state index contributed by atoms with van der Waals surface area (Å²) in [4.78, 5) is 2.60. The van der Waals surface area contributed by atoms with E-state index in [1.54, 1.807) is 12.1 Å². The van der Waals surface area contributed by atoms with Crippen LogP contribution in [0.15, 0.2) is 66.7 Å². The molecule has 3 aromatic carbocycles. The Kier molecular flexibility index (Phi) is 3.60. The van der Waals surface area contributed by atoms with Gasteiger partial charge >= 0.3 is 0 Å². The van der Waals surface area contributed by atoms with Gasteiger partial charge in [0.15, 0.2) is 0 Å². The normalized spacial score (nSPS) is 25.7. The third kappa shape index (κ3) is 2.75. The maximum atomic E-state index is 13.1. The first-order valence-corrected chi connectivity index (χ1v) is 9.22. The molecule has 1 aliphatic heterocycles. The van der Waals surface area contributed by atoms with Gasteiger partial charge in [-0.05, 0) is 64.3 Å². The fraction of sp³-hybridized carbons (Fsp3) is 0.304. The number of nitrogens with zero attached hydrogens (tertiary/aromatic N) is 1. The number of hydrogen-bond donors (Lipinski definition) is 0. The Morgan fingerprint density at radius 3 is 2.52 bits per heavy atom. The first-order chi connectivity index (χ1) is 12.3. The Morgan fingerprint density at radius 1 is 0.880 bits per heavy atom. The topological polar surface area (TPSA) is 3.24 Å². The van der Waals surface area contributed by atoms with E-state index in [2.05, 4.69) is 47.4 Å². The first-order valence-electron chi connectivity index (χ1n) is 9.22. The molecule has 25 heavy (non-hydrogen) atoms. The summed E-state index contributed by atoms with van der Waals surface area (Å²) in [6, 6.07) is 22.5. The van der Waals surface area contributed by atoms with Gasteiger partial charge < -0.3 is 0 Å². The van der Waals surface area contributed by atoms with E-state index >= 15 is 0 Å². The van der Waals surface area contributed by atoms with Crippen LogP contribution in [-0.4, -0.2) is 18.0 Å². The molecule has 3 aromatic rings. The van der Waals surface area contributed by atoms with Crippen LogP contribution in [0.2, 0.25) is 0 Å². The zero-order chi connectivity index (χ0) is 16.8. The standard InChI is InChI=1S/C23H22FN/c24-21-9-7-18(8-10-21)22-12-20-14-25(15-23(20)22)13-16-5-6-17-3-1-2-4-19(17)11-16/h1-11,20,22-23H,12-15H2. The molecular weight excluding hydrogens is 309 g/mol. The number of rotatable bonds is 3. The molecule has 126 valence electrons. The van der Waals surface area contributed by atoms with Crippen LogP contribution in [0.4, 0.5) is 4.39 Å². The zero-order valence-corrected chi connectivity index (χ0v) is 14.2. The van der Waals surface area contributed by atoms with E-state index in [0.29, 0.717) is 5.92 Å². The van der Waals surface area contributed by atoms with Crippen LogP contribution in [0.1, 0.15) is 23.5 Å². The minimum atomic E-state index is -0.135. The summed E-state index contributed by atoms with van der Waals surface area (Å²) in [6.45, 7) is 3.41. The van der Waals surface area contributed by atoms with Gasteiger partial charge in [-0.15, -0.1) is 0 Å².